The van der Waals surface area contributed by atoms with Crippen molar-refractivity contribution in [3.8, 4) is 0 Å². The molecule has 1 rings (SSSR count). The predicted octanol–water partition coefficient (Wildman–Crippen LogP) is 0.779. The minimum Gasteiger partial charge on any atom is -0.394 e. The van der Waals surface area contributed by atoms with E-state index < -0.39 is 0 Å². The van der Waals surface area contributed by atoms with E-state index in [0.717, 1.165) is 4.47 Å². The molecule has 0 aliphatic carbocycles. The fourth-order valence-electron chi connectivity index (χ4n) is 0.992. The molecule has 4 nitrogen and oxygen atoms in total. The third-order valence-electron chi connectivity index (χ3n) is 1.66. The Labute approximate surface area is 84.2 Å². The van der Waals surface area contributed by atoms with Gasteiger partial charge in [0.25, 0.3) is 5.56 Å². The number of rotatable bonds is 1. The lowest BCUT2D eigenvalue weighted by Gasteiger charge is -2.05. The van der Waals surface area contributed by atoms with Crippen molar-refractivity contribution in [1.82, 2.24) is 4.57 Å². The molecule has 0 bridgehead atoms. The average molecular weight is 244 g/mol. The van der Waals surface area contributed by atoms with Crippen molar-refractivity contribution in [2.24, 2.45) is 12.0 Å². The molecule has 0 saturated heterocycles. The van der Waals surface area contributed by atoms with Crippen LogP contribution < -0.4 is 11.3 Å². The van der Waals surface area contributed by atoms with E-state index in [1.165, 1.54) is 4.57 Å². The lowest BCUT2D eigenvalue weighted by molar-refractivity contribution is 0.858. The number of anilines is 1. The third kappa shape index (κ3) is 1.80. The van der Waals surface area contributed by atoms with Crippen molar-refractivity contribution >= 4 is 27.8 Å². The molecular weight excluding hydrogens is 234 g/mol. The number of aliphatic imine (C=N–C) groups is 1. The molecule has 5 heteroatoms. The molecule has 0 aliphatic heterocycles. The zero-order valence-corrected chi connectivity index (χ0v) is 9.00. The topological polar surface area (TPSA) is 60.4 Å². The number of halogens is 1. The molecule has 0 radical (unpaired) electrons. The Morgan fingerprint density at radius 2 is 2.31 bits per heavy atom. The number of nitrogens with two attached hydrogens (primary N) is 1. The van der Waals surface area contributed by atoms with Gasteiger partial charge in [0.2, 0.25) is 0 Å². The number of hydrogen-bond donors (Lipinski definition) is 1. The Kier molecular flexibility index (Phi) is 2.87. The van der Waals surface area contributed by atoms with E-state index >= 15 is 0 Å². The normalized spacial score (nSPS) is 11.0. The molecule has 0 aromatic carbocycles. The lowest BCUT2D eigenvalue weighted by atomic mass is 10.2. The van der Waals surface area contributed by atoms with Gasteiger partial charge < -0.3 is 10.3 Å². The second-order valence-corrected chi connectivity index (χ2v) is 3.46. The van der Waals surface area contributed by atoms with Crippen LogP contribution in [0.15, 0.2) is 20.5 Å². The van der Waals surface area contributed by atoms with E-state index in [1.807, 2.05) is 0 Å². The van der Waals surface area contributed by atoms with Crippen molar-refractivity contribution in [2.45, 2.75) is 0 Å². The van der Waals surface area contributed by atoms with Crippen LogP contribution in [-0.2, 0) is 7.05 Å². The summed E-state index contributed by atoms with van der Waals surface area (Å²) in [5.41, 5.74) is 6.25. The van der Waals surface area contributed by atoms with Gasteiger partial charge in [0.1, 0.15) is 5.69 Å². The number of pyridine rings is 1. The van der Waals surface area contributed by atoms with Gasteiger partial charge in [-0.2, -0.15) is 0 Å². The van der Waals surface area contributed by atoms with Crippen LogP contribution >= 0.6 is 15.9 Å². The van der Waals surface area contributed by atoms with E-state index in [2.05, 4.69) is 20.9 Å². The molecule has 0 amide bonds. The first-order valence-corrected chi connectivity index (χ1v) is 4.44. The highest BCUT2D eigenvalue weighted by atomic mass is 79.9. The first-order chi connectivity index (χ1) is 6.07. The summed E-state index contributed by atoms with van der Waals surface area (Å²) in [6.45, 7) is 0. The summed E-state index contributed by atoms with van der Waals surface area (Å²) in [7, 11) is 3.28. The number of hydrogen-bond acceptors (Lipinski definition) is 3. The minimum absolute atomic E-state index is 0.210. The summed E-state index contributed by atoms with van der Waals surface area (Å²) in [4.78, 5) is 15.2. The van der Waals surface area contributed by atoms with Gasteiger partial charge in [0.15, 0.2) is 0 Å². The molecule has 13 heavy (non-hydrogen) atoms. The van der Waals surface area contributed by atoms with Gasteiger partial charge in [0, 0.05) is 36.5 Å². The summed E-state index contributed by atoms with van der Waals surface area (Å²) in [5.74, 6) is 0. The molecule has 70 valence electrons. The van der Waals surface area contributed by atoms with E-state index in [0.29, 0.717) is 5.56 Å². The highest BCUT2D eigenvalue weighted by Gasteiger charge is 2.07. The number of aryl methyl sites for hydroxylation is 1. The molecule has 0 aliphatic rings. The van der Waals surface area contributed by atoms with E-state index in [9.17, 15) is 4.79 Å². The Balaban J connectivity index is 3.53. The molecule has 1 heterocycles. The number of nitrogen functional groups attached to an aromatic ring is 1. The van der Waals surface area contributed by atoms with Crippen molar-refractivity contribution in [3.05, 3.63) is 26.6 Å². The van der Waals surface area contributed by atoms with Crippen LogP contribution in [0.5, 0.6) is 0 Å². The first-order valence-electron chi connectivity index (χ1n) is 3.64. The molecule has 1 aromatic heterocycles. The number of nitrogens with zero attached hydrogens (tertiary/aromatic N) is 2. The monoisotopic (exact) mass is 243 g/mol. The lowest BCUT2D eigenvalue weighted by Crippen LogP contribution is -2.21. The maximum Gasteiger partial charge on any atom is 0.274 e. The molecule has 0 atom stereocenters. The standard InChI is InChI=1S/C8H10BrN3O/c1-11-3-5-6(9)4-12(2)8(13)7(5)10/h3-4H,10H2,1-2H3. The van der Waals surface area contributed by atoms with E-state index in [1.54, 1.807) is 26.5 Å². The van der Waals surface area contributed by atoms with Gasteiger partial charge in [0.05, 0.1) is 0 Å². The maximum atomic E-state index is 11.4. The smallest absolute Gasteiger partial charge is 0.274 e. The quantitative estimate of drug-likeness (QED) is 0.742. The first kappa shape index (κ1) is 9.98. The molecule has 0 unspecified atom stereocenters. The minimum atomic E-state index is -0.210. The second kappa shape index (κ2) is 3.74. The van der Waals surface area contributed by atoms with Gasteiger partial charge >= 0.3 is 0 Å². The van der Waals surface area contributed by atoms with Crippen LogP contribution in [0.4, 0.5) is 5.69 Å². The Morgan fingerprint density at radius 1 is 1.69 bits per heavy atom. The number of aromatic nitrogens is 1. The van der Waals surface area contributed by atoms with Crippen LogP contribution in [-0.4, -0.2) is 17.8 Å². The fraction of sp³-hybridized carbons (Fsp3) is 0.250. The van der Waals surface area contributed by atoms with Crippen LogP contribution in [0.25, 0.3) is 0 Å². The Morgan fingerprint density at radius 3 is 2.85 bits per heavy atom. The van der Waals surface area contributed by atoms with Crippen molar-refractivity contribution in [2.75, 3.05) is 12.8 Å². The van der Waals surface area contributed by atoms with E-state index in [4.69, 9.17) is 5.73 Å². The predicted molar refractivity (Wildman–Crippen MR) is 57.3 cm³/mol. The van der Waals surface area contributed by atoms with Crippen LogP contribution in [0.3, 0.4) is 0 Å². The highest BCUT2D eigenvalue weighted by Crippen LogP contribution is 2.16. The second-order valence-electron chi connectivity index (χ2n) is 2.61. The zero-order chi connectivity index (χ0) is 10.0. The average Bonchev–Trinajstić information content (AvgIpc) is 2.09. The zero-order valence-electron chi connectivity index (χ0n) is 7.41. The summed E-state index contributed by atoms with van der Waals surface area (Å²) in [5, 5.41) is 0. The molecule has 0 saturated carbocycles. The molecule has 0 spiro atoms. The van der Waals surface area contributed by atoms with Crippen molar-refractivity contribution < 1.29 is 0 Å². The summed E-state index contributed by atoms with van der Waals surface area (Å²) in [6.07, 6.45) is 3.22. The summed E-state index contributed by atoms with van der Waals surface area (Å²) in [6, 6.07) is 0. The van der Waals surface area contributed by atoms with Gasteiger partial charge in [-0.05, 0) is 15.9 Å². The van der Waals surface area contributed by atoms with Crippen molar-refractivity contribution in [3.63, 3.8) is 0 Å². The fourth-order valence-corrected chi connectivity index (χ4v) is 1.62. The van der Waals surface area contributed by atoms with E-state index in [-0.39, 0.29) is 11.2 Å². The van der Waals surface area contributed by atoms with Gasteiger partial charge in [-0.15, -0.1) is 0 Å². The summed E-state index contributed by atoms with van der Waals surface area (Å²) < 4.78 is 2.18. The molecule has 1 aromatic rings. The SMILES string of the molecule is CN=Cc1c(Br)cn(C)c(=O)c1N. The van der Waals surface area contributed by atoms with Gasteiger partial charge in [-0.25, -0.2) is 0 Å². The maximum absolute atomic E-state index is 11.4. The Bertz CT molecular complexity index is 409. The van der Waals surface area contributed by atoms with Crippen LogP contribution in [0, 0.1) is 0 Å². The van der Waals surface area contributed by atoms with Crippen LogP contribution in [0.2, 0.25) is 0 Å². The van der Waals surface area contributed by atoms with Gasteiger partial charge in [-0.3, -0.25) is 9.79 Å². The highest BCUT2D eigenvalue weighted by molar-refractivity contribution is 9.10. The summed E-state index contributed by atoms with van der Waals surface area (Å²) >= 11 is 3.30. The third-order valence-corrected chi connectivity index (χ3v) is 2.30. The Hall–Kier alpha value is -1.10. The molecular formula is C8H10BrN3O. The molecule has 0 fully saturated rings. The molecule has 2 N–H and O–H groups in total. The van der Waals surface area contributed by atoms with Crippen LogP contribution in [0.1, 0.15) is 5.56 Å². The van der Waals surface area contributed by atoms with Gasteiger partial charge in [-0.1, -0.05) is 0 Å². The largest absolute Gasteiger partial charge is 0.394 e. The van der Waals surface area contributed by atoms with Crippen molar-refractivity contribution in [1.29, 1.82) is 0 Å².